The van der Waals surface area contributed by atoms with Gasteiger partial charge in [-0.25, -0.2) is 0 Å². The molecule has 0 bridgehead atoms. The number of nitrogens with zero attached hydrogens (tertiary/aromatic N) is 1. The molecular formula is C16H21N3. The minimum atomic E-state index is 0.0530. The second-order valence-electron chi connectivity index (χ2n) is 4.75. The third kappa shape index (κ3) is 3.19. The van der Waals surface area contributed by atoms with Crippen LogP contribution < -0.4 is 11.3 Å². The summed E-state index contributed by atoms with van der Waals surface area (Å²) in [6.07, 6.45) is 3.65. The van der Waals surface area contributed by atoms with Gasteiger partial charge in [0.25, 0.3) is 0 Å². The van der Waals surface area contributed by atoms with Crippen LogP contribution in [0.3, 0.4) is 0 Å². The standard InChI is InChI=1S/C16H21N3/c1-3-13-9-6-10-18-16(13)15(19-17)11-14-8-5-4-7-12(14)2/h4-10,15,19H,3,11,17H2,1-2H3. The van der Waals surface area contributed by atoms with Crippen molar-refractivity contribution in [3.8, 4) is 0 Å². The van der Waals surface area contributed by atoms with Crippen LogP contribution in [0, 0.1) is 6.92 Å². The van der Waals surface area contributed by atoms with Gasteiger partial charge in [-0.1, -0.05) is 37.3 Å². The van der Waals surface area contributed by atoms with Crippen LogP contribution in [-0.4, -0.2) is 4.98 Å². The van der Waals surface area contributed by atoms with Crippen molar-refractivity contribution in [1.82, 2.24) is 10.4 Å². The zero-order chi connectivity index (χ0) is 13.7. The van der Waals surface area contributed by atoms with E-state index in [0.29, 0.717) is 0 Å². The monoisotopic (exact) mass is 255 g/mol. The lowest BCUT2D eigenvalue weighted by atomic mass is 9.96. The number of aromatic nitrogens is 1. The van der Waals surface area contributed by atoms with Gasteiger partial charge in [-0.3, -0.25) is 16.3 Å². The fraction of sp³-hybridized carbons (Fsp3) is 0.312. The third-order valence-corrected chi connectivity index (χ3v) is 3.52. The predicted molar refractivity (Wildman–Crippen MR) is 78.6 cm³/mol. The van der Waals surface area contributed by atoms with Crippen molar-refractivity contribution >= 4 is 0 Å². The highest BCUT2D eigenvalue weighted by atomic mass is 15.2. The van der Waals surface area contributed by atoms with E-state index in [9.17, 15) is 0 Å². The molecule has 2 aromatic rings. The fourth-order valence-electron chi connectivity index (χ4n) is 2.36. The van der Waals surface area contributed by atoms with E-state index in [-0.39, 0.29) is 6.04 Å². The van der Waals surface area contributed by atoms with Crippen molar-refractivity contribution in [2.45, 2.75) is 32.7 Å². The molecule has 1 aromatic heterocycles. The summed E-state index contributed by atoms with van der Waals surface area (Å²) >= 11 is 0. The number of benzene rings is 1. The van der Waals surface area contributed by atoms with E-state index >= 15 is 0 Å². The Labute approximate surface area is 114 Å². The van der Waals surface area contributed by atoms with Crippen LogP contribution in [0.5, 0.6) is 0 Å². The van der Waals surface area contributed by atoms with E-state index < -0.39 is 0 Å². The summed E-state index contributed by atoms with van der Waals surface area (Å²) in [6.45, 7) is 4.27. The first-order chi connectivity index (χ1) is 9.26. The Morgan fingerprint density at radius 3 is 2.58 bits per heavy atom. The third-order valence-electron chi connectivity index (χ3n) is 3.52. The van der Waals surface area contributed by atoms with Gasteiger partial charge >= 0.3 is 0 Å². The zero-order valence-corrected chi connectivity index (χ0v) is 11.6. The average molecular weight is 255 g/mol. The highest BCUT2D eigenvalue weighted by Crippen LogP contribution is 2.21. The van der Waals surface area contributed by atoms with Gasteiger partial charge in [0.15, 0.2) is 0 Å². The molecule has 19 heavy (non-hydrogen) atoms. The number of pyridine rings is 1. The molecule has 1 heterocycles. The van der Waals surface area contributed by atoms with Crippen LogP contribution in [0.1, 0.15) is 35.3 Å². The first-order valence-electron chi connectivity index (χ1n) is 6.70. The van der Waals surface area contributed by atoms with E-state index in [1.54, 1.807) is 0 Å². The van der Waals surface area contributed by atoms with Crippen LogP contribution in [0.2, 0.25) is 0 Å². The highest BCUT2D eigenvalue weighted by Gasteiger charge is 2.15. The quantitative estimate of drug-likeness (QED) is 0.638. The van der Waals surface area contributed by atoms with Crippen LogP contribution in [0.4, 0.5) is 0 Å². The SMILES string of the molecule is CCc1cccnc1C(Cc1ccccc1C)NN. The fourth-order valence-corrected chi connectivity index (χ4v) is 2.36. The van der Waals surface area contributed by atoms with Crippen LogP contribution in [0.25, 0.3) is 0 Å². The van der Waals surface area contributed by atoms with Crippen molar-refractivity contribution in [2.24, 2.45) is 5.84 Å². The maximum atomic E-state index is 5.74. The maximum absolute atomic E-state index is 5.74. The second-order valence-corrected chi connectivity index (χ2v) is 4.75. The van der Waals surface area contributed by atoms with Crippen LogP contribution >= 0.6 is 0 Å². The molecule has 0 saturated carbocycles. The molecule has 2 rings (SSSR count). The van der Waals surface area contributed by atoms with Crippen LogP contribution in [0.15, 0.2) is 42.6 Å². The molecule has 0 aliphatic heterocycles. The Morgan fingerprint density at radius 2 is 1.89 bits per heavy atom. The summed E-state index contributed by atoms with van der Waals surface area (Å²) in [7, 11) is 0. The molecule has 0 radical (unpaired) electrons. The van der Waals surface area contributed by atoms with E-state index in [4.69, 9.17) is 5.84 Å². The molecule has 0 aliphatic carbocycles. The Kier molecular flexibility index (Phi) is 4.66. The number of nitrogens with two attached hydrogens (primary N) is 1. The summed E-state index contributed by atoms with van der Waals surface area (Å²) < 4.78 is 0. The lowest BCUT2D eigenvalue weighted by Crippen LogP contribution is -2.31. The summed E-state index contributed by atoms with van der Waals surface area (Å²) in [5.74, 6) is 5.74. The lowest BCUT2D eigenvalue weighted by Gasteiger charge is -2.19. The molecule has 3 N–H and O–H groups in total. The van der Waals surface area contributed by atoms with Crippen molar-refractivity contribution in [2.75, 3.05) is 0 Å². The summed E-state index contributed by atoms with van der Waals surface area (Å²) in [4.78, 5) is 4.50. The average Bonchev–Trinajstić information content (AvgIpc) is 2.46. The van der Waals surface area contributed by atoms with E-state index in [1.165, 1.54) is 16.7 Å². The Morgan fingerprint density at radius 1 is 1.16 bits per heavy atom. The van der Waals surface area contributed by atoms with Gasteiger partial charge in [0, 0.05) is 6.20 Å². The first kappa shape index (κ1) is 13.7. The molecule has 3 heteroatoms. The van der Waals surface area contributed by atoms with Gasteiger partial charge < -0.3 is 0 Å². The zero-order valence-electron chi connectivity index (χ0n) is 11.6. The smallest absolute Gasteiger partial charge is 0.0675 e. The molecule has 0 spiro atoms. The number of hydrogen-bond acceptors (Lipinski definition) is 3. The predicted octanol–water partition coefficient (Wildman–Crippen LogP) is 2.70. The van der Waals surface area contributed by atoms with Crippen molar-refractivity contribution < 1.29 is 0 Å². The lowest BCUT2D eigenvalue weighted by molar-refractivity contribution is 0.532. The molecule has 1 atom stereocenters. The topological polar surface area (TPSA) is 50.9 Å². The van der Waals surface area contributed by atoms with Crippen molar-refractivity contribution in [3.63, 3.8) is 0 Å². The molecule has 0 fully saturated rings. The number of hydrazine groups is 1. The highest BCUT2D eigenvalue weighted by molar-refractivity contribution is 5.30. The van der Waals surface area contributed by atoms with E-state index in [0.717, 1.165) is 18.5 Å². The van der Waals surface area contributed by atoms with Gasteiger partial charge in [-0.15, -0.1) is 0 Å². The Bertz CT molecular complexity index is 537. The van der Waals surface area contributed by atoms with E-state index in [1.807, 2.05) is 12.3 Å². The molecule has 100 valence electrons. The van der Waals surface area contributed by atoms with Crippen molar-refractivity contribution in [3.05, 3.63) is 65.0 Å². The minimum Gasteiger partial charge on any atom is -0.271 e. The molecular weight excluding hydrogens is 234 g/mol. The normalized spacial score (nSPS) is 12.4. The number of aryl methyl sites for hydroxylation is 2. The van der Waals surface area contributed by atoms with Crippen molar-refractivity contribution in [1.29, 1.82) is 0 Å². The van der Waals surface area contributed by atoms with Gasteiger partial charge in [0.1, 0.15) is 0 Å². The summed E-state index contributed by atoms with van der Waals surface area (Å²) in [5, 5.41) is 0. The molecule has 0 aliphatic rings. The molecule has 0 saturated heterocycles. The summed E-state index contributed by atoms with van der Waals surface area (Å²) in [5.41, 5.74) is 7.80. The summed E-state index contributed by atoms with van der Waals surface area (Å²) in [6, 6.07) is 12.5. The molecule has 3 nitrogen and oxygen atoms in total. The molecule has 0 amide bonds. The van der Waals surface area contributed by atoms with Crippen LogP contribution in [-0.2, 0) is 12.8 Å². The first-order valence-corrected chi connectivity index (χ1v) is 6.70. The number of nitrogens with one attached hydrogen (secondary N) is 1. The van der Waals surface area contributed by atoms with Gasteiger partial charge in [-0.2, -0.15) is 0 Å². The molecule has 1 aromatic carbocycles. The maximum Gasteiger partial charge on any atom is 0.0675 e. The van der Waals surface area contributed by atoms with E-state index in [2.05, 4.69) is 54.6 Å². The molecule has 1 unspecified atom stereocenters. The largest absolute Gasteiger partial charge is 0.271 e. The van der Waals surface area contributed by atoms with Gasteiger partial charge in [-0.05, 0) is 42.5 Å². The number of hydrogen-bond donors (Lipinski definition) is 2. The number of rotatable bonds is 5. The Balaban J connectivity index is 2.28. The Hall–Kier alpha value is -1.71. The minimum absolute atomic E-state index is 0.0530. The second kappa shape index (κ2) is 6.45. The van der Waals surface area contributed by atoms with Gasteiger partial charge in [0.2, 0.25) is 0 Å². The van der Waals surface area contributed by atoms with Gasteiger partial charge in [0.05, 0.1) is 11.7 Å².